The Morgan fingerprint density at radius 2 is 1.86 bits per heavy atom. The van der Waals surface area contributed by atoms with Crippen LogP contribution in [0.1, 0.15) is 49.3 Å². The minimum absolute atomic E-state index is 0.190. The lowest BCUT2D eigenvalue weighted by Crippen LogP contribution is -2.54. The molecule has 1 aliphatic heterocycles. The van der Waals surface area contributed by atoms with Crippen LogP contribution in [0.4, 0.5) is 0 Å². The Kier molecular flexibility index (Phi) is 5.84. The van der Waals surface area contributed by atoms with E-state index in [2.05, 4.69) is 53.5 Å². The van der Waals surface area contributed by atoms with Crippen molar-refractivity contribution in [3.8, 4) is 5.75 Å². The molecule has 148 valence electrons. The molecule has 2 aliphatic rings. The van der Waals surface area contributed by atoms with E-state index >= 15 is 0 Å². The monoisotopic (exact) mass is 377 g/mol. The third-order valence-corrected chi connectivity index (χ3v) is 6.58. The first kappa shape index (κ1) is 19.2. The van der Waals surface area contributed by atoms with Gasteiger partial charge in [0, 0.05) is 30.6 Å². The molecule has 0 radical (unpaired) electrons. The van der Waals surface area contributed by atoms with Crippen LogP contribution in [0.25, 0.3) is 6.08 Å². The molecule has 28 heavy (non-hydrogen) atoms. The minimum Gasteiger partial charge on any atom is -0.496 e. The van der Waals surface area contributed by atoms with E-state index in [-0.39, 0.29) is 12.0 Å². The largest absolute Gasteiger partial charge is 0.496 e. The maximum Gasteiger partial charge on any atom is 0.123 e. The molecule has 2 aromatic carbocycles. The van der Waals surface area contributed by atoms with Crippen LogP contribution in [-0.4, -0.2) is 35.8 Å². The van der Waals surface area contributed by atoms with Crippen molar-refractivity contribution in [1.82, 2.24) is 4.90 Å². The van der Waals surface area contributed by atoms with Gasteiger partial charge in [0.2, 0.25) is 0 Å². The number of piperidine rings is 1. The molecule has 1 saturated carbocycles. The molecule has 1 aliphatic carbocycles. The SMILES string of the molecule is COc1ccccc1[C@@H]1[C@@H]2CCCC[C@@]2(O)CCN1C/C=C/c1ccccc1. The molecule has 2 fully saturated rings. The molecule has 3 heteroatoms. The van der Waals surface area contributed by atoms with E-state index in [4.69, 9.17) is 4.74 Å². The molecule has 1 saturated heterocycles. The van der Waals surface area contributed by atoms with Gasteiger partial charge in [0.25, 0.3) is 0 Å². The van der Waals surface area contributed by atoms with Crippen LogP contribution < -0.4 is 4.74 Å². The van der Waals surface area contributed by atoms with Gasteiger partial charge in [0.05, 0.1) is 12.7 Å². The Bertz CT molecular complexity index is 803. The normalized spacial score (nSPS) is 28.2. The summed E-state index contributed by atoms with van der Waals surface area (Å²) in [5.74, 6) is 1.19. The molecule has 0 spiro atoms. The van der Waals surface area contributed by atoms with Gasteiger partial charge in [-0.15, -0.1) is 0 Å². The number of likely N-dealkylation sites (tertiary alicyclic amines) is 1. The average Bonchev–Trinajstić information content (AvgIpc) is 2.74. The summed E-state index contributed by atoms with van der Waals surface area (Å²) in [5, 5.41) is 11.4. The number of ether oxygens (including phenoxy) is 1. The number of hydrogen-bond donors (Lipinski definition) is 1. The molecule has 1 N–H and O–H groups in total. The number of benzene rings is 2. The number of rotatable bonds is 5. The van der Waals surface area contributed by atoms with Crippen LogP contribution in [0, 0.1) is 5.92 Å². The third-order valence-electron chi connectivity index (χ3n) is 6.58. The first-order valence-electron chi connectivity index (χ1n) is 10.5. The van der Waals surface area contributed by atoms with Crippen LogP contribution in [0.3, 0.4) is 0 Å². The van der Waals surface area contributed by atoms with Gasteiger partial charge in [-0.05, 0) is 30.9 Å². The van der Waals surface area contributed by atoms with Gasteiger partial charge < -0.3 is 9.84 Å². The molecular weight excluding hydrogens is 346 g/mol. The Labute approximate surface area is 168 Å². The number of fused-ring (bicyclic) bond motifs is 1. The second-order valence-corrected chi connectivity index (χ2v) is 8.20. The summed E-state index contributed by atoms with van der Waals surface area (Å²) in [6, 6.07) is 19.0. The van der Waals surface area contributed by atoms with Crippen LogP contribution in [-0.2, 0) is 0 Å². The topological polar surface area (TPSA) is 32.7 Å². The summed E-state index contributed by atoms with van der Waals surface area (Å²) < 4.78 is 5.71. The van der Waals surface area contributed by atoms with Gasteiger partial charge in [0.1, 0.15) is 5.75 Å². The van der Waals surface area contributed by atoms with E-state index in [1.165, 1.54) is 17.5 Å². The number of para-hydroxylation sites is 1. The molecule has 3 nitrogen and oxygen atoms in total. The first-order valence-corrected chi connectivity index (χ1v) is 10.5. The standard InChI is InChI=1S/C25H31NO2/c1-28-23-15-6-5-13-21(23)24-22-14-7-8-16-25(22,27)17-19-26(24)18-9-12-20-10-3-2-4-11-20/h2-6,9-13,15,22,24,27H,7-8,14,16-19H2,1H3/b12-9+/t22-,24+,25+/m0/s1. The Hall–Kier alpha value is -2.10. The molecule has 4 rings (SSSR count). The van der Waals surface area contributed by atoms with Crippen molar-refractivity contribution in [1.29, 1.82) is 0 Å². The number of nitrogens with zero attached hydrogens (tertiary/aromatic N) is 1. The maximum absolute atomic E-state index is 11.4. The smallest absolute Gasteiger partial charge is 0.123 e. The predicted octanol–water partition coefficient (Wildman–Crippen LogP) is 5.08. The molecule has 2 aromatic rings. The number of hydrogen-bond acceptors (Lipinski definition) is 3. The van der Waals surface area contributed by atoms with E-state index in [1.54, 1.807) is 7.11 Å². The van der Waals surface area contributed by atoms with Crippen molar-refractivity contribution in [3.63, 3.8) is 0 Å². The van der Waals surface area contributed by atoms with E-state index in [1.807, 2.05) is 18.2 Å². The van der Waals surface area contributed by atoms with E-state index < -0.39 is 5.60 Å². The maximum atomic E-state index is 11.4. The van der Waals surface area contributed by atoms with E-state index in [0.29, 0.717) is 0 Å². The average molecular weight is 378 g/mol. The van der Waals surface area contributed by atoms with Crippen molar-refractivity contribution in [2.24, 2.45) is 5.92 Å². The van der Waals surface area contributed by atoms with Gasteiger partial charge in [-0.3, -0.25) is 4.90 Å². The Morgan fingerprint density at radius 3 is 2.68 bits per heavy atom. The van der Waals surface area contributed by atoms with Crippen molar-refractivity contribution >= 4 is 6.08 Å². The lowest BCUT2D eigenvalue weighted by molar-refractivity contribution is -0.122. The third kappa shape index (κ3) is 3.87. The van der Waals surface area contributed by atoms with Gasteiger partial charge in [-0.1, -0.05) is 73.5 Å². The zero-order chi connectivity index (χ0) is 19.4. The lowest BCUT2D eigenvalue weighted by atomic mass is 9.66. The zero-order valence-electron chi connectivity index (χ0n) is 16.8. The highest BCUT2D eigenvalue weighted by Crippen LogP contribution is 2.50. The Balaban J connectivity index is 1.63. The fourth-order valence-corrected chi connectivity index (χ4v) is 5.16. The second-order valence-electron chi connectivity index (χ2n) is 8.20. The summed E-state index contributed by atoms with van der Waals surface area (Å²) in [5.41, 5.74) is 1.90. The van der Waals surface area contributed by atoms with E-state index in [0.717, 1.165) is 44.5 Å². The van der Waals surface area contributed by atoms with Crippen molar-refractivity contribution in [2.75, 3.05) is 20.2 Å². The molecule has 3 atom stereocenters. The highest BCUT2D eigenvalue weighted by Gasteiger charge is 2.49. The molecule has 1 heterocycles. The quantitative estimate of drug-likeness (QED) is 0.789. The van der Waals surface area contributed by atoms with E-state index in [9.17, 15) is 5.11 Å². The van der Waals surface area contributed by atoms with Crippen molar-refractivity contribution < 1.29 is 9.84 Å². The molecule has 0 bridgehead atoms. The number of aliphatic hydroxyl groups is 1. The summed E-state index contributed by atoms with van der Waals surface area (Å²) in [4.78, 5) is 2.53. The highest BCUT2D eigenvalue weighted by molar-refractivity contribution is 5.49. The van der Waals surface area contributed by atoms with Gasteiger partial charge in [-0.25, -0.2) is 0 Å². The second kappa shape index (κ2) is 8.50. The van der Waals surface area contributed by atoms with Crippen LogP contribution >= 0.6 is 0 Å². The molecule has 0 amide bonds. The lowest BCUT2D eigenvalue weighted by Gasteiger charge is -2.52. The fraction of sp³-hybridized carbons (Fsp3) is 0.440. The summed E-state index contributed by atoms with van der Waals surface area (Å²) in [6.45, 7) is 1.79. The fourth-order valence-electron chi connectivity index (χ4n) is 5.16. The molecule has 0 unspecified atom stereocenters. The predicted molar refractivity (Wildman–Crippen MR) is 114 cm³/mol. The first-order chi connectivity index (χ1) is 13.7. The minimum atomic E-state index is -0.538. The zero-order valence-corrected chi connectivity index (χ0v) is 16.8. The van der Waals surface area contributed by atoms with Gasteiger partial charge in [-0.2, -0.15) is 0 Å². The van der Waals surface area contributed by atoms with Gasteiger partial charge in [0.15, 0.2) is 0 Å². The highest BCUT2D eigenvalue weighted by atomic mass is 16.5. The Morgan fingerprint density at radius 1 is 1.07 bits per heavy atom. The van der Waals surface area contributed by atoms with Crippen molar-refractivity contribution in [3.05, 3.63) is 71.8 Å². The molecule has 0 aromatic heterocycles. The van der Waals surface area contributed by atoms with Crippen LogP contribution in [0.15, 0.2) is 60.7 Å². The number of methoxy groups -OCH3 is 1. The van der Waals surface area contributed by atoms with Gasteiger partial charge >= 0.3 is 0 Å². The molecular formula is C25H31NO2. The van der Waals surface area contributed by atoms with Crippen LogP contribution in [0.5, 0.6) is 5.75 Å². The summed E-state index contributed by atoms with van der Waals surface area (Å²) in [7, 11) is 1.74. The summed E-state index contributed by atoms with van der Waals surface area (Å²) >= 11 is 0. The van der Waals surface area contributed by atoms with Crippen LogP contribution in [0.2, 0.25) is 0 Å². The summed E-state index contributed by atoms with van der Waals surface area (Å²) in [6.07, 6.45) is 9.66. The van der Waals surface area contributed by atoms with Crippen molar-refractivity contribution in [2.45, 2.75) is 43.7 Å².